The number of hydrogen-bond donors (Lipinski definition) is 0. The van der Waals surface area contributed by atoms with E-state index in [1.165, 1.54) is 6.92 Å². The zero-order valence-corrected chi connectivity index (χ0v) is 18.8. The maximum absolute atomic E-state index is 12.8. The molecule has 0 aliphatic heterocycles. The number of esters is 2. The summed E-state index contributed by atoms with van der Waals surface area (Å²) in [7, 11) is 1.09. The van der Waals surface area contributed by atoms with Gasteiger partial charge in [-0.3, -0.25) is 14.9 Å². The van der Waals surface area contributed by atoms with Gasteiger partial charge in [0.05, 0.1) is 22.6 Å². The predicted molar refractivity (Wildman–Crippen MR) is 112 cm³/mol. The van der Waals surface area contributed by atoms with Gasteiger partial charge in [0.2, 0.25) is 0 Å². The average Bonchev–Trinajstić information content (AvgIpc) is 2.80. The number of ketones is 1. The summed E-state index contributed by atoms with van der Waals surface area (Å²) in [6.07, 6.45) is -5.93. The normalized spacial score (nSPS) is 11.9. The number of rotatable bonds is 10. The van der Waals surface area contributed by atoms with Gasteiger partial charge < -0.3 is 18.9 Å². The van der Waals surface area contributed by atoms with Gasteiger partial charge in [-0.2, -0.15) is 13.2 Å². The van der Waals surface area contributed by atoms with Crippen molar-refractivity contribution in [3.63, 3.8) is 0 Å². The van der Waals surface area contributed by atoms with Gasteiger partial charge in [0.25, 0.3) is 5.69 Å². The lowest BCUT2D eigenvalue weighted by Crippen LogP contribution is -2.28. The average molecular weight is 520 g/mol. The zero-order chi connectivity index (χ0) is 26.3. The van der Waals surface area contributed by atoms with Crippen LogP contribution in [0.25, 0.3) is 0 Å². The number of ether oxygens (including phenoxy) is 4. The Morgan fingerprint density at radius 3 is 2.37 bits per heavy atom. The number of alkyl halides is 3. The molecule has 0 aromatic heterocycles. The first-order valence-corrected chi connectivity index (χ1v) is 9.92. The van der Waals surface area contributed by atoms with Gasteiger partial charge in [0, 0.05) is 6.07 Å². The summed E-state index contributed by atoms with van der Waals surface area (Å²) in [6.45, 7) is -0.221. The van der Waals surface area contributed by atoms with Crippen LogP contribution in [0.5, 0.6) is 11.5 Å². The maximum atomic E-state index is 12.8. The molecule has 1 atom stereocenters. The van der Waals surface area contributed by atoms with E-state index in [2.05, 4.69) is 9.47 Å². The molecule has 14 heteroatoms. The molecular weight excluding hydrogens is 503 g/mol. The summed E-state index contributed by atoms with van der Waals surface area (Å²) >= 11 is 5.85. The zero-order valence-electron chi connectivity index (χ0n) is 18.1. The second-order valence-corrected chi connectivity index (χ2v) is 7.15. The molecule has 0 spiro atoms. The molecule has 0 heterocycles. The van der Waals surface area contributed by atoms with E-state index in [0.29, 0.717) is 6.07 Å². The third kappa shape index (κ3) is 7.65. The van der Waals surface area contributed by atoms with Crippen LogP contribution in [0.15, 0.2) is 36.4 Å². The number of carbonyl (C=O) groups excluding carboxylic acids is 3. The SMILES string of the molecule is COC(=O)COC(=O)C(C)OCC(=O)c1cc(Oc2ccc(C(F)(F)F)cc2Cl)ccc1[N+](=O)[O-]. The Bertz CT molecular complexity index is 1140. The number of methoxy groups -OCH3 is 1. The molecule has 0 saturated carbocycles. The van der Waals surface area contributed by atoms with Crippen LogP contribution in [-0.4, -0.2) is 49.1 Å². The Kier molecular flexibility index (Phi) is 9.14. The van der Waals surface area contributed by atoms with E-state index in [9.17, 15) is 37.7 Å². The standard InChI is InChI=1S/C21H17ClF3NO9/c1-11(20(29)34-10-19(28)32-2)33-9-17(27)14-8-13(4-5-16(14)26(30)31)35-18-6-3-12(7-15(18)22)21(23,24)25/h3-8,11H,9-10H2,1-2H3. The number of benzene rings is 2. The molecule has 0 radical (unpaired) electrons. The van der Waals surface area contributed by atoms with Crippen molar-refractivity contribution in [2.45, 2.75) is 19.2 Å². The summed E-state index contributed by atoms with van der Waals surface area (Å²) in [4.78, 5) is 45.9. The van der Waals surface area contributed by atoms with Crippen LogP contribution in [0.1, 0.15) is 22.8 Å². The van der Waals surface area contributed by atoms with Crippen molar-refractivity contribution in [3.05, 3.63) is 62.7 Å². The molecule has 2 aromatic carbocycles. The monoisotopic (exact) mass is 519 g/mol. The number of hydrogen-bond acceptors (Lipinski definition) is 9. The number of nitrogens with zero attached hydrogens (tertiary/aromatic N) is 1. The number of halogens is 4. The molecule has 10 nitrogen and oxygen atoms in total. The molecule has 0 N–H and O–H groups in total. The molecule has 2 rings (SSSR count). The lowest BCUT2D eigenvalue weighted by Gasteiger charge is -2.13. The van der Waals surface area contributed by atoms with E-state index in [-0.39, 0.29) is 16.5 Å². The number of Topliss-reactive ketones (excluding diaryl/α,β-unsaturated/α-hetero) is 1. The van der Waals surface area contributed by atoms with Crippen molar-refractivity contribution in [1.29, 1.82) is 0 Å². The van der Waals surface area contributed by atoms with Crippen molar-refractivity contribution in [3.8, 4) is 11.5 Å². The van der Waals surface area contributed by atoms with Crippen LogP contribution in [-0.2, 0) is 30.0 Å². The lowest BCUT2D eigenvalue weighted by molar-refractivity contribution is -0.385. The van der Waals surface area contributed by atoms with Gasteiger partial charge in [-0.05, 0) is 37.3 Å². The molecule has 0 saturated heterocycles. The van der Waals surface area contributed by atoms with E-state index >= 15 is 0 Å². The van der Waals surface area contributed by atoms with E-state index in [1.54, 1.807) is 0 Å². The molecule has 188 valence electrons. The first-order chi connectivity index (χ1) is 16.3. The minimum Gasteiger partial charge on any atom is -0.466 e. The van der Waals surface area contributed by atoms with Gasteiger partial charge in [-0.1, -0.05) is 11.6 Å². The third-order valence-corrected chi connectivity index (χ3v) is 4.60. The largest absolute Gasteiger partial charge is 0.466 e. The smallest absolute Gasteiger partial charge is 0.416 e. The van der Waals surface area contributed by atoms with Crippen LogP contribution < -0.4 is 4.74 Å². The molecule has 0 aliphatic carbocycles. The molecule has 0 aliphatic rings. The Hall–Kier alpha value is -3.71. The molecule has 1 unspecified atom stereocenters. The quantitative estimate of drug-likeness (QED) is 0.194. The van der Waals surface area contributed by atoms with Gasteiger partial charge >= 0.3 is 18.1 Å². The minimum absolute atomic E-state index is 0.133. The Balaban J connectivity index is 2.17. The molecule has 0 fully saturated rings. The number of carbonyl (C=O) groups is 3. The Labute approximate surface area is 200 Å². The summed E-state index contributed by atoms with van der Waals surface area (Å²) in [5.41, 5.74) is -2.07. The van der Waals surface area contributed by atoms with E-state index in [1.807, 2.05) is 0 Å². The van der Waals surface area contributed by atoms with Crippen LogP contribution in [0.2, 0.25) is 5.02 Å². The summed E-state index contributed by atoms with van der Waals surface area (Å²) in [5, 5.41) is 11.0. The molecule has 0 amide bonds. The van der Waals surface area contributed by atoms with Gasteiger partial charge in [-0.25, -0.2) is 9.59 Å². The highest BCUT2D eigenvalue weighted by Gasteiger charge is 2.31. The maximum Gasteiger partial charge on any atom is 0.416 e. The predicted octanol–water partition coefficient (Wildman–Crippen LogP) is 4.36. The van der Waals surface area contributed by atoms with Gasteiger partial charge in [0.15, 0.2) is 18.5 Å². The van der Waals surface area contributed by atoms with Crippen LogP contribution in [0.3, 0.4) is 0 Å². The summed E-state index contributed by atoms with van der Waals surface area (Å²) in [6, 6.07) is 5.39. The fraction of sp³-hybridized carbons (Fsp3) is 0.286. The highest BCUT2D eigenvalue weighted by atomic mass is 35.5. The fourth-order valence-electron chi connectivity index (χ4n) is 2.50. The molecule has 35 heavy (non-hydrogen) atoms. The van der Waals surface area contributed by atoms with Gasteiger partial charge in [0.1, 0.15) is 23.7 Å². The van der Waals surface area contributed by atoms with E-state index < -0.39 is 65.0 Å². The summed E-state index contributed by atoms with van der Waals surface area (Å²) in [5.74, 6) is -3.03. The van der Waals surface area contributed by atoms with Crippen LogP contribution in [0.4, 0.5) is 18.9 Å². The second kappa shape index (κ2) is 11.6. The van der Waals surface area contributed by atoms with Crippen molar-refractivity contribution >= 4 is 35.0 Å². The lowest BCUT2D eigenvalue weighted by atomic mass is 10.1. The Morgan fingerprint density at radius 1 is 1.11 bits per heavy atom. The van der Waals surface area contributed by atoms with Crippen molar-refractivity contribution in [2.75, 3.05) is 20.3 Å². The van der Waals surface area contributed by atoms with Crippen LogP contribution >= 0.6 is 11.6 Å². The molecule has 0 bridgehead atoms. The molecule has 2 aromatic rings. The van der Waals surface area contributed by atoms with Gasteiger partial charge in [-0.15, -0.1) is 0 Å². The topological polar surface area (TPSA) is 131 Å². The Morgan fingerprint density at radius 2 is 1.80 bits per heavy atom. The first-order valence-electron chi connectivity index (χ1n) is 9.54. The molecular formula is C21H17ClF3NO9. The number of nitro benzene ring substituents is 1. The third-order valence-electron chi connectivity index (χ3n) is 4.31. The minimum atomic E-state index is -4.63. The van der Waals surface area contributed by atoms with Crippen LogP contribution in [0, 0.1) is 10.1 Å². The van der Waals surface area contributed by atoms with Crippen molar-refractivity contribution in [1.82, 2.24) is 0 Å². The summed E-state index contributed by atoms with van der Waals surface area (Å²) < 4.78 is 57.8. The second-order valence-electron chi connectivity index (χ2n) is 6.74. The first kappa shape index (κ1) is 27.5. The number of nitro groups is 1. The van der Waals surface area contributed by atoms with Crippen molar-refractivity contribution in [2.24, 2.45) is 0 Å². The highest BCUT2D eigenvalue weighted by Crippen LogP contribution is 2.37. The van der Waals surface area contributed by atoms with E-state index in [4.69, 9.17) is 21.1 Å². The van der Waals surface area contributed by atoms with E-state index in [0.717, 1.165) is 37.4 Å². The highest BCUT2D eigenvalue weighted by molar-refractivity contribution is 6.32. The fourth-order valence-corrected chi connectivity index (χ4v) is 2.72. The van der Waals surface area contributed by atoms with Crippen molar-refractivity contribution < 1.29 is 51.4 Å².